The first-order valence-corrected chi connectivity index (χ1v) is 9.88. The van der Waals surface area contributed by atoms with Crippen molar-refractivity contribution >= 4 is 35.1 Å². The summed E-state index contributed by atoms with van der Waals surface area (Å²) in [7, 11) is 1.59. The van der Waals surface area contributed by atoms with Gasteiger partial charge in [-0.2, -0.15) is 0 Å². The molecule has 0 aromatic heterocycles. The Bertz CT molecular complexity index is 870. The summed E-state index contributed by atoms with van der Waals surface area (Å²) in [6.07, 6.45) is 2.98. The van der Waals surface area contributed by atoms with Gasteiger partial charge in [0.05, 0.1) is 22.7 Å². The molecule has 1 aliphatic rings. The fraction of sp³-hybridized carbons (Fsp3) is 0.333. The fourth-order valence-corrected chi connectivity index (χ4v) is 3.44. The second kappa shape index (κ2) is 9.92. The van der Waals surface area contributed by atoms with Crippen LogP contribution in [0.15, 0.2) is 47.5 Å². The third-order valence-corrected chi connectivity index (χ3v) is 5.28. The van der Waals surface area contributed by atoms with Crippen molar-refractivity contribution in [3.63, 3.8) is 0 Å². The number of nitrogens with one attached hydrogen (secondary N) is 1. The summed E-state index contributed by atoms with van der Waals surface area (Å²) in [4.78, 5) is 17.3. The van der Waals surface area contributed by atoms with Gasteiger partial charge in [-0.1, -0.05) is 47.5 Å². The Morgan fingerprint density at radius 1 is 1.18 bits per heavy atom. The Kier molecular flexibility index (Phi) is 7.31. The van der Waals surface area contributed by atoms with E-state index in [1.54, 1.807) is 19.2 Å². The van der Waals surface area contributed by atoms with Crippen LogP contribution in [0.1, 0.15) is 40.4 Å². The Balaban J connectivity index is 1.81. The zero-order valence-electron chi connectivity index (χ0n) is 15.6. The minimum Gasteiger partial charge on any atom is -0.463 e. The average Bonchev–Trinajstić information content (AvgIpc) is 2.70. The van der Waals surface area contributed by atoms with Gasteiger partial charge in [-0.15, -0.1) is 0 Å². The summed E-state index contributed by atoms with van der Waals surface area (Å²) in [5.74, 6) is -0.362. The molecule has 0 heterocycles. The molecule has 0 saturated heterocycles. The standard InChI is InChI=1S/C21H22Cl2N2O3/c1-27-11-12-28-21(25-20(26)15-9-10-17(22)18(23)13-15)24-19-8-4-6-14-5-2-3-7-16(14)19/h2-3,5,7,9-10,13,19H,4,6,8,11-12H2,1H3,(H,24,25,26)/t19-/m1/s1. The minimum absolute atomic E-state index is 0.0587. The largest absolute Gasteiger partial charge is 0.463 e. The third-order valence-electron chi connectivity index (χ3n) is 4.54. The lowest BCUT2D eigenvalue weighted by Crippen LogP contribution is -2.34. The van der Waals surface area contributed by atoms with Crippen LogP contribution in [-0.4, -0.2) is 32.3 Å². The summed E-state index contributed by atoms with van der Waals surface area (Å²) in [6, 6.07) is 13.1. The number of hydrogen-bond donors (Lipinski definition) is 1. The maximum absolute atomic E-state index is 12.6. The van der Waals surface area contributed by atoms with E-state index in [9.17, 15) is 4.79 Å². The Labute approximate surface area is 174 Å². The minimum atomic E-state index is -0.362. The average molecular weight is 421 g/mol. The predicted octanol–water partition coefficient (Wildman–Crippen LogP) is 4.82. The number of hydrogen-bond acceptors (Lipinski definition) is 4. The van der Waals surface area contributed by atoms with Crippen molar-refractivity contribution < 1.29 is 14.3 Å². The summed E-state index contributed by atoms with van der Waals surface area (Å²) < 4.78 is 10.7. The molecule has 1 amide bonds. The van der Waals surface area contributed by atoms with E-state index < -0.39 is 0 Å². The van der Waals surface area contributed by atoms with Gasteiger partial charge in [-0.25, -0.2) is 4.99 Å². The number of carbonyl (C=O) groups is 1. The molecule has 148 valence electrons. The number of ether oxygens (including phenoxy) is 2. The smallest absolute Gasteiger partial charge is 0.292 e. The number of aryl methyl sites for hydroxylation is 1. The topological polar surface area (TPSA) is 59.9 Å². The second-order valence-corrected chi connectivity index (χ2v) is 7.28. The number of fused-ring (bicyclic) bond motifs is 1. The molecule has 2 aromatic carbocycles. The highest BCUT2D eigenvalue weighted by Crippen LogP contribution is 2.32. The molecule has 28 heavy (non-hydrogen) atoms. The zero-order valence-corrected chi connectivity index (χ0v) is 17.1. The molecule has 5 nitrogen and oxygen atoms in total. The van der Waals surface area contributed by atoms with Gasteiger partial charge in [0.2, 0.25) is 0 Å². The molecule has 1 N–H and O–H groups in total. The van der Waals surface area contributed by atoms with Crippen LogP contribution < -0.4 is 5.32 Å². The van der Waals surface area contributed by atoms with Gasteiger partial charge in [0.25, 0.3) is 11.9 Å². The van der Waals surface area contributed by atoms with Gasteiger partial charge in [0.1, 0.15) is 6.61 Å². The van der Waals surface area contributed by atoms with Crippen LogP contribution in [0, 0.1) is 0 Å². The van der Waals surface area contributed by atoms with Crippen LogP contribution in [-0.2, 0) is 15.9 Å². The molecule has 0 aliphatic heterocycles. The number of carbonyl (C=O) groups excluding carboxylic acids is 1. The molecule has 0 unspecified atom stereocenters. The molecule has 0 saturated carbocycles. The first-order chi connectivity index (χ1) is 13.6. The summed E-state index contributed by atoms with van der Waals surface area (Å²) in [6.45, 7) is 0.675. The number of benzene rings is 2. The van der Waals surface area contributed by atoms with Crippen molar-refractivity contribution in [2.75, 3.05) is 20.3 Å². The Morgan fingerprint density at radius 2 is 2.00 bits per heavy atom. The molecule has 0 spiro atoms. The lowest BCUT2D eigenvalue weighted by Gasteiger charge is -2.23. The van der Waals surface area contributed by atoms with E-state index in [4.69, 9.17) is 37.7 Å². The van der Waals surface area contributed by atoms with E-state index in [2.05, 4.69) is 17.4 Å². The molecule has 2 aromatic rings. The molecule has 1 aliphatic carbocycles. The third kappa shape index (κ3) is 5.25. The molecule has 0 radical (unpaired) electrons. The van der Waals surface area contributed by atoms with Crippen molar-refractivity contribution in [2.24, 2.45) is 4.99 Å². The second-order valence-electron chi connectivity index (χ2n) is 6.47. The lowest BCUT2D eigenvalue weighted by atomic mass is 9.88. The van der Waals surface area contributed by atoms with Crippen molar-refractivity contribution in [2.45, 2.75) is 25.3 Å². The van der Waals surface area contributed by atoms with Gasteiger partial charge < -0.3 is 9.47 Å². The highest BCUT2D eigenvalue weighted by Gasteiger charge is 2.21. The van der Waals surface area contributed by atoms with Crippen LogP contribution in [0.25, 0.3) is 0 Å². The lowest BCUT2D eigenvalue weighted by molar-refractivity contribution is 0.0953. The summed E-state index contributed by atoms with van der Waals surface area (Å²) >= 11 is 11.9. The molecule has 7 heteroatoms. The number of aliphatic imine (C=N–C) groups is 1. The molecular weight excluding hydrogens is 399 g/mol. The summed E-state index contributed by atoms with van der Waals surface area (Å²) in [5, 5.41) is 3.45. The number of methoxy groups -OCH3 is 1. The number of rotatable bonds is 5. The number of amidine groups is 1. The summed E-state index contributed by atoms with van der Waals surface area (Å²) in [5.41, 5.74) is 2.83. The van der Waals surface area contributed by atoms with E-state index >= 15 is 0 Å². The van der Waals surface area contributed by atoms with Crippen LogP contribution >= 0.6 is 23.2 Å². The maximum atomic E-state index is 12.6. The van der Waals surface area contributed by atoms with Crippen LogP contribution in [0.5, 0.6) is 0 Å². The van der Waals surface area contributed by atoms with Crippen molar-refractivity contribution in [3.8, 4) is 0 Å². The molecule has 1 atom stereocenters. The monoisotopic (exact) mass is 420 g/mol. The van der Waals surface area contributed by atoms with E-state index in [0.29, 0.717) is 22.2 Å². The molecule has 0 bridgehead atoms. The molecular formula is C21H22Cl2N2O3. The first kappa shape index (κ1) is 20.6. The fourth-order valence-electron chi connectivity index (χ4n) is 3.14. The van der Waals surface area contributed by atoms with Gasteiger partial charge in [0.15, 0.2) is 0 Å². The Hall–Kier alpha value is -2.08. The SMILES string of the molecule is COCCOC(=N[C@@H]1CCCc2ccccc21)NC(=O)c1ccc(Cl)c(Cl)c1. The van der Waals surface area contributed by atoms with Crippen molar-refractivity contribution in [1.29, 1.82) is 0 Å². The van der Waals surface area contributed by atoms with E-state index in [1.165, 1.54) is 17.2 Å². The van der Waals surface area contributed by atoms with E-state index in [-0.39, 0.29) is 24.6 Å². The van der Waals surface area contributed by atoms with Crippen LogP contribution in [0.3, 0.4) is 0 Å². The highest BCUT2D eigenvalue weighted by atomic mass is 35.5. The normalized spacial score (nSPS) is 16.4. The number of halogens is 2. The van der Waals surface area contributed by atoms with E-state index in [1.807, 2.05) is 12.1 Å². The van der Waals surface area contributed by atoms with Gasteiger partial charge >= 0.3 is 0 Å². The number of amides is 1. The van der Waals surface area contributed by atoms with Gasteiger partial charge in [-0.05, 0) is 48.6 Å². The van der Waals surface area contributed by atoms with Crippen molar-refractivity contribution in [1.82, 2.24) is 5.32 Å². The maximum Gasteiger partial charge on any atom is 0.292 e. The first-order valence-electron chi connectivity index (χ1n) is 9.12. The van der Waals surface area contributed by atoms with E-state index in [0.717, 1.165) is 19.3 Å². The number of nitrogens with zero attached hydrogens (tertiary/aromatic N) is 1. The zero-order chi connectivity index (χ0) is 19.9. The Morgan fingerprint density at radius 3 is 2.79 bits per heavy atom. The highest BCUT2D eigenvalue weighted by molar-refractivity contribution is 6.42. The molecule has 3 rings (SSSR count). The molecule has 0 fully saturated rings. The van der Waals surface area contributed by atoms with Gasteiger partial charge in [-0.3, -0.25) is 10.1 Å². The van der Waals surface area contributed by atoms with Crippen LogP contribution in [0.4, 0.5) is 0 Å². The van der Waals surface area contributed by atoms with Crippen LogP contribution in [0.2, 0.25) is 10.0 Å². The van der Waals surface area contributed by atoms with Gasteiger partial charge in [0, 0.05) is 12.7 Å². The quantitative estimate of drug-likeness (QED) is 0.428. The predicted molar refractivity (Wildman–Crippen MR) is 111 cm³/mol. The van der Waals surface area contributed by atoms with Crippen molar-refractivity contribution in [3.05, 3.63) is 69.2 Å².